The molecule has 8 heteroatoms. The van der Waals surface area contributed by atoms with Gasteiger partial charge in [0.15, 0.2) is 0 Å². The summed E-state index contributed by atoms with van der Waals surface area (Å²) >= 11 is 0. The molecule has 0 aromatic heterocycles. The van der Waals surface area contributed by atoms with Crippen LogP contribution in [0.3, 0.4) is 0 Å². The van der Waals surface area contributed by atoms with Crippen molar-refractivity contribution in [3.05, 3.63) is 29.8 Å². The van der Waals surface area contributed by atoms with Crippen molar-refractivity contribution in [3.63, 3.8) is 0 Å². The van der Waals surface area contributed by atoms with Crippen molar-refractivity contribution in [1.82, 2.24) is 4.90 Å². The lowest BCUT2D eigenvalue weighted by Gasteiger charge is -2.16. The number of carbonyl (C=O) groups excluding carboxylic acids is 2. The first-order valence-corrected chi connectivity index (χ1v) is 7.56. The average Bonchev–Trinajstić information content (AvgIpc) is 2.89. The highest BCUT2D eigenvalue weighted by atomic mass is 19.4. The van der Waals surface area contributed by atoms with Crippen LogP contribution in [0.25, 0.3) is 0 Å². The zero-order valence-electron chi connectivity index (χ0n) is 13.2. The van der Waals surface area contributed by atoms with E-state index in [1.165, 1.54) is 12.1 Å². The largest absolute Gasteiger partial charge is 0.416 e. The number of hydrogen-bond donors (Lipinski definition) is 1. The van der Waals surface area contributed by atoms with E-state index >= 15 is 0 Å². The Morgan fingerprint density at radius 1 is 1.33 bits per heavy atom. The van der Waals surface area contributed by atoms with Gasteiger partial charge >= 0.3 is 6.18 Å². The van der Waals surface area contributed by atoms with Gasteiger partial charge < -0.3 is 15.0 Å². The molecule has 2 amide bonds. The van der Waals surface area contributed by atoms with E-state index in [0.717, 1.165) is 12.1 Å². The molecule has 1 unspecified atom stereocenters. The van der Waals surface area contributed by atoms with Gasteiger partial charge in [-0.05, 0) is 30.7 Å². The number of carbonyl (C=O) groups is 2. The minimum Gasteiger partial charge on any atom is -0.385 e. The fourth-order valence-electron chi connectivity index (χ4n) is 2.55. The first kappa shape index (κ1) is 18.3. The summed E-state index contributed by atoms with van der Waals surface area (Å²) in [5, 5.41) is 2.56. The molecular formula is C16H19F3N2O3. The minimum atomic E-state index is -4.41. The monoisotopic (exact) mass is 344 g/mol. The van der Waals surface area contributed by atoms with Crippen LogP contribution in [0.1, 0.15) is 18.4 Å². The fourth-order valence-corrected chi connectivity index (χ4v) is 2.55. The Labute approximate surface area is 137 Å². The molecule has 1 heterocycles. The summed E-state index contributed by atoms with van der Waals surface area (Å²) in [7, 11) is 1.58. The number of ether oxygens (including phenoxy) is 1. The van der Waals surface area contributed by atoms with E-state index in [-0.39, 0.29) is 23.9 Å². The topological polar surface area (TPSA) is 58.6 Å². The van der Waals surface area contributed by atoms with Crippen molar-refractivity contribution in [3.8, 4) is 0 Å². The number of rotatable bonds is 6. The van der Waals surface area contributed by atoms with Crippen molar-refractivity contribution in [2.45, 2.75) is 19.0 Å². The number of likely N-dealkylation sites (tertiary alicyclic amines) is 1. The van der Waals surface area contributed by atoms with E-state index in [1.54, 1.807) is 12.0 Å². The number of benzene rings is 1. The van der Waals surface area contributed by atoms with Crippen LogP contribution < -0.4 is 5.32 Å². The van der Waals surface area contributed by atoms with E-state index < -0.39 is 17.7 Å². The predicted molar refractivity (Wildman–Crippen MR) is 81.3 cm³/mol. The van der Waals surface area contributed by atoms with Gasteiger partial charge in [0, 0.05) is 38.9 Å². The van der Waals surface area contributed by atoms with Crippen LogP contribution in [0.2, 0.25) is 0 Å². The first-order chi connectivity index (χ1) is 11.3. The number of alkyl halides is 3. The number of amides is 2. The Morgan fingerprint density at radius 2 is 2.00 bits per heavy atom. The fraction of sp³-hybridized carbons (Fsp3) is 0.500. The van der Waals surface area contributed by atoms with E-state index in [1.807, 2.05) is 0 Å². The molecule has 0 spiro atoms. The van der Waals surface area contributed by atoms with Gasteiger partial charge in [0.2, 0.25) is 11.8 Å². The molecule has 0 bridgehead atoms. The summed E-state index contributed by atoms with van der Waals surface area (Å²) in [5.41, 5.74) is -0.501. The molecule has 0 saturated carbocycles. The molecule has 1 aliphatic heterocycles. The highest BCUT2D eigenvalue weighted by Gasteiger charge is 2.34. The third-order valence-electron chi connectivity index (χ3n) is 3.84. The van der Waals surface area contributed by atoms with Gasteiger partial charge in [-0.1, -0.05) is 0 Å². The Kier molecular flexibility index (Phi) is 5.82. The van der Waals surface area contributed by atoms with Gasteiger partial charge in [-0.3, -0.25) is 9.59 Å². The molecule has 132 valence electrons. The standard InChI is InChI=1S/C16H19F3N2O3/c1-24-8-2-7-21-10-11(9-14(21)22)15(23)20-13-5-3-12(4-6-13)16(17,18)19/h3-6,11H,2,7-10H2,1H3,(H,20,23). The molecule has 0 aliphatic carbocycles. The minimum absolute atomic E-state index is 0.0985. The molecule has 1 fully saturated rings. The number of methoxy groups -OCH3 is 1. The van der Waals surface area contributed by atoms with Crippen molar-refractivity contribution < 1.29 is 27.5 Å². The molecular weight excluding hydrogens is 325 g/mol. The van der Waals surface area contributed by atoms with E-state index in [4.69, 9.17) is 4.74 Å². The maximum absolute atomic E-state index is 12.5. The molecule has 1 aromatic carbocycles. The first-order valence-electron chi connectivity index (χ1n) is 7.56. The Bertz CT molecular complexity index is 587. The number of anilines is 1. The van der Waals surface area contributed by atoms with E-state index in [9.17, 15) is 22.8 Å². The van der Waals surface area contributed by atoms with Crippen molar-refractivity contribution in [2.75, 3.05) is 32.1 Å². The molecule has 2 rings (SSSR count). The smallest absolute Gasteiger partial charge is 0.385 e. The zero-order chi connectivity index (χ0) is 17.7. The molecule has 1 aromatic rings. The van der Waals surface area contributed by atoms with Crippen molar-refractivity contribution >= 4 is 17.5 Å². The van der Waals surface area contributed by atoms with Crippen LogP contribution in [0, 0.1) is 5.92 Å². The Morgan fingerprint density at radius 3 is 2.58 bits per heavy atom. The van der Waals surface area contributed by atoms with Gasteiger partial charge in [-0.15, -0.1) is 0 Å². The normalized spacial score (nSPS) is 18.1. The molecule has 1 N–H and O–H groups in total. The third-order valence-corrected chi connectivity index (χ3v) is 3.84. The second-order valence-electron chi connectivity index (χ2n) is 5.65. The summed E-state index contributed by atoms with van der Waals surface area (Å²) in [4.78, 5) is 25.7. The quantitative estimate of drug-likeness (QED) is 0.807. The average molecular weight is 344 g/mol. The van der Waals surface area contributed by atoms with Crippen LogP contribution in [0.15, 0.2) is 24.3 Å². The summed E-state index contributed by atoms with van der Waals surface area (Å²) in [6, 6.07) is 4.22. The van der Waals surface area contributed by atoms with Gasteiger partial charge in [-0.2, -0.15) is 13.2 Å². The van der Waals surface area contributed by atoms with Gasteiger partial charge in [0.25, 0.3) is 0 Å². The lowest BCUT2D eigenvalue weighted by Crippen LogP contribution is -2.29. The third kappa shape index (κ3) is 4.70. The predicted octanol–water partition coefficient (Wildman–Crippen LogP) is 2.53. The molecule has 5 nitrogen and oxygen atoms in total. The SMILES string of the molecule is COCCCN1CC(C(=O)Nc2ccc(C(F)(F)F)cc2)CC1=O. The molecule has 0 radical (unpaired) electrons. The van der Waals surface area contributed by atoms with Gasteiger partial charge in [0.1, 0.15) is 0 Å². The summed E-state index contributed by atoms with van der Waals surface area (Å²) in [5.74, 6) is -0.960. The van der Waals surface area contributed by atoms with E-state index in [0.29, 0.717) is 26.1 Å². The van der Waals surface area contributed by atoms with Crippen LogP contribution in [-0.2, 0) is 20.5 Å². The number of hydrogen-bond acceptors (Lipinski definition) is 3. The van der Waals surface area contributed by atoms with Crippen molar-refractivity contribution in [2.24, 2.45) is 5.92 Å². The highest BCUT2D eigenvalue weighted by Crippen LogP contribution is 2.30. The summed E-state index contributed by atoms with van der Waals surface area (Å²) in [6.45, 7) is 1.37. The van der Waals surface area contributed by atoms with Gasteiger partial charge in [0.05, 0.1) is 11.5 Å². The summed E-state index contributed by atoms with van der Waals surface area (Å²) < 4.78 is 42.4. The number of nitrogens with one attached hydrogen (secondary N) is 1. The van der Waals surface area contributed by atoms with Crippen LogP contribution in [0.4, 0.5) is 18.9 Å². The molecule has 1 saturated heterocycles. The van der Waals surface area contributed by atoms with Gasteiger partial charge in [-0.25, -0.2) is 0 Å². The highest BCUT2D eigenvalue weighted by molar-refractivity contribution is 5.97. The van der Waals surface area contributed by atoms with Crippen LogP contribution >= 0.6 is 0 Å². The molecule has 24 heavy (non-hydrogen) atoms. The van der Waals surface area contributed by atoms with E-state index in [2.05, 4.69) is 5.32 Å². The number of nitrogens with zero attached hydrogens (tertiary/aromatic N) is 1. The Balaban J connectivity index is 1.90. The van der Waals surface area contributed by atoms with Crippen molar-refractivity contribution in [1.29, 1.82) is 0 Å². The second-order valence-corrected chi connectivity index (χ2v) is 5.65. The van der Waals surface area contributed by atoms with Crippen LogP contribution in [-0.4, -0.2) is 43.5 Å². The lowest BCUT2D eigenvalue weighted by molar-refractivity contribution is -0.137. The molecule has 1 atom stereocenters. The lowest BCUT2D eigenvalue weighted by atomic mass is 10.1. The molecule has 1 aliphatic rings. The summed E-state index contributed by atoms with van der Waals surface area (Å²) in [6.07, 6.45) is -3.61. The maximum atomic E-state index is 12.5. The number of halogens is 3. The zero-order valence-corrected chi connectivity index (χ0v) is 13.2. The Hall–Kier alpha value is -2.09. The second kappa shape index (κ2) is 7.65. The maximum Gasteiger partial charge on any atom is 0.416 e. The van der Waals surface area contributed by atoms with Crippen LogP contribution in [0.5, 0.6) is 0 Å².